The molecule has 0 unspecified atom stereocenters. The molecule has 2 rings (SSSR count). The lowest BCUT2D eigenvalue weighted by atomic mass is 10.1. The number of amides is 1. The van der Waals surface area contributed by atoms with Crippen LogP contribution < -0.4 is 20.7 Å². The first-order chi connectivity index (χ1) is 13.6. The molecule has 0 aliphatic rings. The molecular formula is C21H28ClIN4O2. The van der Waals surface area contributed by atoms with Gasteiger partial charge in [-0.1, -0.05) is 29.8 Å². The van der Waals surface area contributed by atoms with Gasteiger partial charge in [-0.2, -0.15) is 0 Å². The molecule has 0 aliphatic heterocycles. The van der Waals surface area contributed by atoms with E-state index in [1.807, 2.05) is 43.3 Å². The summed E-state index contributed by atoms with van der Waals surface area (Å²) in [7, 11) is 3.34. The molecule has 0 aliphatic carbocycles. The second kappa shape index (κ2) is 13.3. The number of ether oxygens (including phenoxy) is 1. The van der Waals surface area contributed by atoms with Crippen LogP contribution in [0.25, 0.3) is 0 Å². The Kier molecular flexibility index (Phi) is 11.5. The second-order valence-corrected chi connectivity index (χ2v) is 6.53. The van der Waals surface area contributed by atoms with E-state index >= 15 is 0 Å². The molecule has 0 fully saturated rings. The van der Waals surface area contributed by atoms with Gasteiger partial charge >= 0.3 is 0 Å². The number of carbonyl (C=O) groups is 1. The third-order valence-electron chi connectivity index (χ3n) is 4.16. The summed E-state index contributed by atoms with van der Waals surface area (Å²) >= 11 is 6.28. The number of nitrogens with zero attached hydrogens (tertiary/aromatic N) is 1. The van der Waals surface area contributed by atoms with Crippen LogP contribution in [0.3, 0.4) is 0 Å². The average molecular weight is 531 g/mol. The van der Waals surface area contributed by atoms with Crippen molar-refractivity contribution < 1.29 is 9.53 Å². The number of methoxy groups -OCH3 is 1. The first-order valence-corrected chi connectivity index (χ1v) is 9.59. The molecule has 6 nitrogen and oxygen atoms in total. The van der Waals surface area contributed by atoms with Gasteiger partial charge in [-0.3, -0.25) is 9.79 Å². The molecule has 2 aromatic carbocycles. The number of aliphatic imine (C=N–C) groups is 1. The zero-order chi connectivity index (χ0) is 20.4. The molecule has 0 saturated carbocycles. The lowest BCUT2D eigenvalue weighted by Crippen LogP contribution is -2.37. The van der Waals surface area contributed by atoms with Gasteiger partial charge in [0.05, 0.1) is 7.11 Å². The number of hydrogen-bond donors (Lipinski definition) is 3. The van der Waals surface area contributed by atoms with Crippen LogP contribution in [-0.2, 0) is 13.0 Å². The first-order valence-electron chi connectivity index (χ1n) is 9.21. The molecule has 0 bridgehead atoms. The Bertz CT molecular complexity index is 830. The highest BCUT2D eigenvalue weighted by Gasteiger charge is 2.06. The maximum absolute atomic E-state index is 11.9. The van der Waals surface area contributed by atoms with E-state index < -0.39 is 0 Å². The minimum absolute atomic E-state index is 0. The topological polar surface area (TPSA) is 74.8 Å². The van der Waals surface area contributed by atoms with E-state index in [1.54, 1.807) is 20.2 Å². The Balaban J connectivity index is 0.00000420. The number of benzene rings is 2. The predicted molar refractivity (Wildman–Crippen MR) is 130 cm³/mol. The summed E-state index contributed by atoms with van der Waals surface area (Å²) < 4.78 is 5.17. The molecule has 1 amide bonds. The quantitative estimate of drug-likeness (QED) is 0.277. The Hall–Kier alpha value is -2.00. The van der Waals surface area contributed by atoms with Gasteiger partial charge in [-0.25, -0.2) is 0 Å². The number of carbonyl (C=O) groups excluding carboxylic acids is 1. The van der Waals surface area contributed by atoms with Crippen molar-refractivity contribution in [2.24, 2.45) is 4.99 Å². The van der Waals surface area contributed by atoms with E-state index in [2.05, 4.69) is 20.9 Å². The van der Waals surface area contributed by atoms with E-state index in [0.717, 1.165) is 23.3 Å². The van der Waals surface area contributed by atoms with Crippen LogP contribution in [0.15, 0.2) is 47.5 Å². The number of nitrogens with one attached hydrogen (secondary N) is 3. The monoisotopic (exact) mass is 530 g/mol. The number of halogens is 2. The van der Waals surface area contributed by atoms with E-state index in [1.165, 1.54) is 0 Å². The second-order valence-electron chi connectivity index (χ2n) is 6.12. The molecule has 0 heterocycles. The Morgan fingerprint density at radius 2 is 1.93 bits per heavy atom. The fourth-order valence-electron chi connectivity index (χ4n) is 2.66. The van der Waals surface area contributed by atoms with Gasteiger partial charge in [0.1, 0.15) is 5.75 Å². The molecule has 0 saturated heterocycles. The van der Waals surface area contributed by atoms with Crippen molar-refractivity contribution >= 4 is 47.4 Å². The summed E-state index contributed by atoms with van der Waals surface area (Å²) in [5, 5.41) is 10.0. The summed E-state index contributed by atoms with van der Waals surface area (Å²) in [4.78, 5) is 16.2. The molecule has 2 aromatic rings. The molecule has 8 heteroatoms. The van der Waals surface area contributed by atoms with Gasteiger partial charge in [0.2, 0.25) is 0 Å². The van der Waals surface area contributed by atoms with Gasteiger partial charge in [0.15, 0.2) is 5.96 Å². The SMILES string of the molecule is CCNC(=O)c1cccc(CNC(=NC)NCCc2ccc(OC)cc2Cl)c1.I. The average Bonchev–Trinajstić information content (AvgIpc) is 2.71. The smallest absolute Gasteiger partial charge is 0.251 e. The first kappa shape index (κ1) is 25.0. The van der Waals surface area contributed by atoms with Crippen LogP contribution in [0, 0.1) is 0 Å². The van der Waals surface area contributed by atoms with Gasteiger partial charge < -0.3 is 20.7 Å². The predicted octanol–water partition coefficient (Wildman–Crippen LogP) is 3.62. The van der Waals surface area contributed by atoms with Crippen molar-refractivity contribution in [3.05, 3.63) is 64.2 Å². The fraction of sp³-hybridized carbons (Fsp3) is 0.333. The van der Waals surface area contributed by atoms with E-state index in [4.69, 9.17) is 16.3 Å². The maximum atomic E-state index is 11.9. The number of hydrogen-bond acceptors (Lipinski definition) is 3. The van der Waals surface area contributed by atoms with Gasteiger partial charge in [-0.15, -0.1) is 24.0 Å². The molecular weight excluding hydrogens is 503 g/mol. The van der Waals surface area contributed by atoms with Crippen molar-refractivity contribution in [3.63, 3.8) is 0 Å². The van der Waals surface area contributed by atoms with Crippen LogP contribution in [0.5, 0.6) is 5.75 Å². The zero-order valence-corrected chi connectivity index (χ0v) is 20.0. The van der Waals surface area contributed by atoms with Crippen LogP contribution in [0.1, 0.15) is 28.4 Å². The molecule has 158 valence electrons. The Morgan fingerprint density at radius 1 is 1.14 bits per heavy atom. The largest absolute Gasteiger partial charge is 0.497 e. The molecule has 0 aromatic heterocycles. The summed E-state index contributed by atoms with van der Waals surface area (Å²) in [5.74, 6) is 1.37. The lowest BCUT2D eigenvalue weighted by molar-refractivity contribution is 0.0955. The molecule has 0 atom stereocenters. The highest BCUT2D eigenvalue weighted by molar-refractivity contribution is 14.0. The van der Waals surface area contributed by atoms with E-state index in [9.17, 15) is 4.79 Å². The Labute approximate surface area is 194 Å². The summed E-state index contributed by atoms with van der Waals surface area (Å²) in [6.45, 7) is 3.76. The van der Waals surface area contributed by atoms with Crippen molar-refractivity contribution in [1.82, 2.24) is 16.0 Å². The summed E-state index contributed by atoms with van der Waals surface area (Å²) in [6.07, 6.45) is 0.760. The zero-order valence-electron chi connectivity index (χ0n) is 16.9. The van der Waals surface area contributed by atoms with Crippen molar-refractivity contribution in [3.8, 4) is 5.75 Å². The van der Waals surface area contributed by atoms with Crippen LogP contribution in [0.2, 0.25) is 5.02 Å². The van der Waals surface area contributed by atoms with Gasteiger partial charge in [0.25, 0.3) is 5.91 Å². The van der Waals surface area contributed by atoms with Crippen LogP contribution in [0.4, 0.5) is 0 Å². The van der Waals surface area contributed by atoms with Crippen LogP contribution in [-0.4, -0.2) is 39.1 Å². The normalized spacial score (nSPS) is 10.7. The fourth-order valence-corrected chi connectivity index (χ4v) is 2.93. The third-order valence-corrected chi connectivity index (χ3v) is 4.51. The standard InChI is InChI=1S/C21H27ClN4O2.HI/c1-4-24-20(27)17-7-5-6-15(12-17)14-26-21(23-2)25-11-10-16-8-9-18(28-3)13-19(16)22;/h5-9,12-13H,4,10-11,14H2,1-3H3,(H,24,27)(H2,23,25,26);1H. The van der Waals surface area contributed by atoms with Gasteiger partial charge in [-0.05, 0) is 48.7 Å². The Morgan fingerprint density at radius 3 is 2.59 bits per heavy atom. The molecule has 29 heavy (non-hydrogen) atoms. The summed E-state index contributed by atoms with van der Waals surface area (Å²) in [6, 6.07) is 13.2. The highest BCUT2D eigenvalue weighted by Crippen LogP contribution is 2.22. The van der Waals surface area contributed by atoms with Crippen molar-refractivity contribution in [2.75, 3.05) is 27.2 Å². The van der Waals surface area contributed by atoms with Crippen molar-refractivity contribution in [2.45, 2.75) is 19.9 Å². The number of rotatable bonds is 8. The minimum atomic E-state index is -0.0665. The highest BCUT2D eigenvalue weighted by atomic mass is 127. The molecule has 0 spiro atoms. The van der Waals surface area contributed by atoms with Crippen molar-refractivity contribution in [1.29, 1.82) is 0 Å². The third kappa shape index (κ3) is 8.10. The van der Waals surface area contributed by atoms with E-state index in [0.29, 0.717) is 36.2 Å². The molecule has 3 N–H and O–H groups in total. The number of guanidine groups is 1. The molecule has 0 radical (unpaired) electrons. The lowest BCUT2D eigenvalue weighted by Gasteiger charge is -2.13. The maximum Gasteiger partial charge on any atom is 0.251 e. The van der Waals surface area contributed by atoms with Gasteiger partial charge in [0, 0.05) is 37.3 Å². The van der Waals surface area contributed by atoms with Crippen LogP contribution >= 0.6 is 35.6 Å². The van der Waals surface area contributed by atoms with E-state index in [-0.39, 0.29) is 29.9 Å². The minimum Gasteiger partial charge on any atom is -0.497 e. The summed E-state index contributed by atoms with van der Waals surface area (Å²) in [5.41, 5.74) is 2.70.